The smallest absolute Gasteiger partial charge is 0.174 e. The molecule has 0 aliphatic rings. The van der Waals surface area contributed by atoms with Gasteiger partial charge in [0.2, 0.25) is 0 Å². The van der Waals surface area contributed by atoms with E-state index in [2.05, 4.69) is 26.1 Å². The Labute approximate surface area is 95.4 Å². The van der Waals surface area contributed by atoms with E-state index in [1.54, 1.807) is 6.20 Å². The normalized spacial score (nSPS) is 10.3. The number of hydrogen-bond acceptors (Lipinski definition) is 4. The summed E-state index contributed by atoms with van der Waals surface area (Å²) in [4.78, 5) is 4.04. The molecule has 0 N–H and O–H groups in total. The molecule has 78 valence electrons. The van der Waals surface area contributed by atoms with Crippen molar-refractivity contribution >= 4 is 15.9 Å². The van der Waals surface area contributed by atoms with Crippen LogP contribution >= 0.6 is 15.9 Å². The maximum Gasteiger partial charge on any atom is 0.174 e. The number of hydrogen-bond donors (Lipinski definition) is 0. The van der Waals surface area contributed by atoms with Crippen LogP contribution in [0.25, 0.3) is 0 Å². The van der Waals surface area contributed by atoms with Crippen molar-refractivity contribution in [2.24, 2.45) is 0 Å². The second kappa shape index (κ2) is 4.44. The molecule has 0 atom stereocenters. The summed E-state index contributed by atoms with van der Waals surface area (Å²) in [6, 6.07) is 5.49. The van der Waals surface area contributed by atoms with E-state index in [-0.39, 0.29) is 0 Å². The fourth-order valence-corrected chi connectivity index (χ4v) is 1.32. The molecule has 2 aromatic heterocycles. The molecule has 2 heterocycles. The molecular formula is C10H9BrN2O2. The second-order valence-electron chi connectivity index (χ2n) is 3.04. The van der Waals surface area contributed by atoms with Crippen LogP contribution in [0.3, 0.4) is 0 Å². The van der Waals surface area contributed by atoms with Gasteiger partial charge in [0.05, 0.1) is 11.9 Å². The summed E-state index contributed by atoms with van der Waals surface area (Å²) in [7, 11) is 0. The number of pyridine rings is 1. The first kappa shape index (κ1) is 10.2. The molecule has 2 aromatic rings. The van der Waals surface area contributed by atoms with Crippen LogP contribution in [0, 0.1) is 6.92 Å². The van der Waals surface area contributed by atoms with Gasteiger partial charge in [-0.3, -0.25) is 0 Å². The third-order valence-corrected chi connectivity index (χ3v) is 2.23. The monoisotopic (exact) mass is 268 g/mol. The van der Waals surface area contributed by atoms with Crippen molar-refractivity contribution in [2.75, 3.05) is 0 Å². The Bertz CT molecular complexity index is 439. The maximum atomic E-state index is 5.44. The van der Waals surface area contributed by atoms with Gasteiger partial charge >= 0.3 is 0 Å². The minimum atomic E-state index is 0.365. The van der Waals surface area contributed by atoms with E-state index in [0.717, 1.165) is 10.3 Å². The van der Waals surface area contributed by atoms with E-state index in [1.165, 1.54) is 0 Å². The van der Waals surface area contributed by atoms with Gasteiger partial charge in [-0.2, -0.15) is 0 Å². The van der Waals surface area contributed by atoms with Crippen molar-refractivity contribution in [3.05, 3.63) is 40.5 Å². The van der Waals surface area contributed by atoms with Crippen molar-refractivity contribution in [3.8, 4) is 5.75 Å². The highest BCUT2D eigenvalue weighted by atomic mass is 79.9. The first-order valence-electron chi connectivity index (χ1n) is 4.40. The number of halogens is 1. The van der Waals surface area contributed by atoms with Gasteiger partial charge in [-0.15, -0.1) is 0 Å². The van der Waals surface area contributed by atoms with Crippen LogP contribution in [0.1, 0.15) is 11.5 Å². The van der Waals surface area contributed by atoms with Gasteiger partial charge < -0.3 is 9.26 Å². The summed E-state index contributed by atoms with van der Waals surface area (Å²) in [5.74, 6) is 1.41. The fraction of sp³-hybridized carbons (Fsp3) is 0.200. The molecule has 4 nitrogen and oxygen atoms in total. The Morgan fingerprint density at radius 3 is 2.93 bits per heavy atom. The van der Waals surface area contributed by atoms with Gasteiger partial charge in [0.25, 0.3) is 0 Å². The van der Waals surface area contributed by atoms with Gasteiger partial charge in [-0.1, -0.05) is 5.16 Å². The lowest BCUT2D eigenvalue weighted by Gasteiger charge is -2.02. The largest absolute Gasteiger partial charge is 0.484 e. The molecule has 0 aliphatic carbocycles. The summed E-state index contributed by atoms with van der Waals surface area (Å²) in [5.41, 5.74) is 0.850. The molecule has 5 heteroatoms. The predicted octanol–water partition coefficient (Wildman–Crippen LogP) is 2.72. The molecule has 0 fully saturated rings. The van der Waals surface area contributed by atoms with Crippen LogP contribution in [0.2, 0.25) is 0 Å². The SMILES string of the molecule is Cc1cc(COc2ccc(Br)nc2)on1. The van der Waals surface area contributed by atoms with Crippen molar-refractivity contribution in [1.29, 1.82) is 0 Å². The molecule has 0 saturated heterocycles. The zero-order valence-electron chi connectivity index (χ0n) is 8.11. The van der Waals surface area contributed by atoms with Crippen LogP contribution in [-0.2, 0) is 6.61 Å². The molecule has 2 rings (SSSR count). The van der Waals surface area contributed by atoms with Crippen LogP contribution in [0.4, 0.5) is 0 Å². The Kier molecular flexibility index (Phi) is 3.01. The first-order valence-corrected chi connectivity index (χ1v) is 5.20. The third-order valence-electron chi connectivity index (χ3n) is 1.76. The maximum absolute atomic E-state index is 5.44. The summed E-state index contributed by atoms with van der Waals surface area (Å²) in [6.45, 7) is 2.23. The molecule has 0 unspecified atom stereocenters. The first-order chi connectivity index (χ1) is 7.24. The van der Waals surface area contributed by atoms with E-state index in [9.17, 15) is 0 Å². The van der Waals surface area contributed by atoms with Crippen molar-refractivity contribution in [1.82, 2.24) is 10.1 Å². The van der Waals surface area contributed by atoms with E-state index in [4.69, 9.17) is 9.26 Å². The van der Waals surface area contributed by atoms with E-state index in [0.29, 0.717) is 18.1 Å². The number of aryl methyl sites for hydroxylation is 1. The number of rotatable bonds is 3. The minimum absolute atomic E-state index is 0.365. The highest BCUT2D eigenvalue weighted by molar-refractivity contribution is 9.10. The zero-order chi connectivity index (χ0) is 10.7. The molecule has 0 amide bonds. The van der Waals surface area contributed by atoms with E-state index < -0.39 is 0 Å². The van der Waals surface area contributed by atoms with Crippen LogP contribution < -0.4 is 4.74 Å². The number of aromatic nitrogens is 2. The average molecular weight is 269 g/mol. The van der Waals surface area contributed by atoms with E-state index in [1.807, 2.05) is 25.1 Å². The molecule has 15 heavy (non-hydrogen) atoms. The van der Waals surface area contributed by atoms with Crippen LogP contribution in [0.5, 0.6) is 5.75 Å². The summed E-state index contributed by atoms with van der Waals surface area (Å²) < 4.78 is 11.2. The van der Waals surface area contributed by atoms with E-state index >= 15 is 0 Å². The molecule has 0 saturated carbocycles. The van der Waals surface area contributed by atoms with Gasteiger partial charge in [0.1, 0.15) is 17.0 Å². The number of nitrogens with zero attached hydrogens (tertiary/aromatic N) is 2. The Balaban J connectivity index is 1.96. The summed E-state index contributed by atoms with van der Waals surface area (Å²) in [6.07, 6.45) is 1.65. The number of ether oxygens (including phenoxy) is 1. The van der Waals surface area contributed by atoms with Crippen molar-refractivity contribution in [2.45, 2.75) is 13.5 Å². The quantitative estimate of drug-likeness (QED) is 0.804. The molecular weight excluding hydrogens is 260 g/mol. The van der Waals surface area contributed by atoms with Crippen molar-refractivity contribution < 1.29 is 9.26 Å². The molecule has 0 aliphatic heterocycles. The summed E-state index contributed by atoms with van der Waals surface area (Å²) in [5, 5.41) is 3.76. The molecule has 0 radical (unpaired) electrons. The molecule has 0 spiro atoms. The standard InChI is InChI=1S/C10H9BrN2O2/c1-7-4-9(15-13-7)6-14-8-2-3-10(11)12-5-8/h2-5H,6H2,1H3. The van der Waals surface area contributed by atoms with Gasteiger partial charge in [-0.05, 0) is 35.0 Å². The Hall–Kier alpha value is -1.36. The zero-order valence-corrected chi connectivity index (χ0v) is 9.69. The van der Waals surface area contributed by atoms with Gasteiger partial charge in [0.15, 0.2) is 5.76 Å². The molecule has 0 aromatic carbocycles. The predicted molar refractivity (Wildman–Crippen MR) is 57.5 cm³/mol. The average Bonchev–Trinajstić information content (AvgIpc) is 2.64. The van der Waals surface area contributed by atoms with Gasteiger partial charge in [0, 0.05) is 6.07 Å². The van der Waals surface area contributed by atoms with Crippen molar-refractivity contribution in [3.63, 3.8) is 0 Å². The third kappa shape index (κ3) is 2.79. The lowest BCUT2D eigenvalue weighted by atomic mass is 10.4. The lowest BCUT2D eigenvalue weighted by molar-refractivity contribution is 0.248. The topological polar surface area (TPSA) is 48.2 Å². The van der Waals surface area contributed by atoms with Crippen LogP contribution in [0.15, 0.2) is 33.5 Å². The molecule has 0 bridgehead atoms. The Morgan fingerprint density at radius 2 is 2.33 bits per heavy atom. The second-order valence-corrected chi connectivity index (χ2v) is 3.85. The highest BCUT2D eigenvalue weighted by Gasteiger charge is 2.01. The van der Waals surface area contributed by atoms with Gasteiger partial charge in [-0.25, -0.2) is 4.98 Å². The lowest BCUT2D eigenvalue weighted by Crippen LogP contribution is -1.93. The fourth-order valence-electron chi connectivity index (χ4n) is 1.09. The Morgan fingerprint density at radius 1 is 1.47 bits per heavy atom. The van der Waals surface area contributed by atoms with Crippen LogP contribution in [-0.4, -0.2) is 10.1 Å². The summed E-state index contributed by atoms with van der Waals surface area (Å²) >= 11 is 3.25. The highest BCUT2D eigenvalue weighted by Crippen LogP contribution is 2.14. The minimum Gasteiger partial charge on any atom is -0.484 e.